The SMILES string of the molecule is C#CCCOCCOCCOCCOCCN=[N+]=[N-]. The summed E-state index contributed by atoms with van der Waals surface area (Å²) in [4.78, 5) is 2.61. The van der Waals surface area contributed by atoms with E-state index in [0.717, 1.165) is 0 Å². The summed E-state index contributed by atoms with van der Waals surface area (Å²) in [7, 11) is 0. The van der Waals surface area contributed by atoms with E-state index in [4.69, 9.17) is 30.9 Å². The largest absolute Gasteiger partial charge is 0.379 e. The average molecular weight is 271 g/mol. The van der Waals surface area contributed by atoms with Crippen LogP contribution in [-0.4, -0.2) is 59.4 Å². The van der Waals surface area contributed by atoms with Crippen LogP contribution >= 0.6 is 0 Å². The summed E-state index contributed by atoms with van der Waals surface area (Å²) in [5.74, 6) is 2.49. The fourth-order valence-electron chi connectivity index (χ4n) is 1.04. The van der Waals surface area contributed by atoms with E-state index in [0.29, 0.717) is 65.8 Å². The number of terminal acetylenes is 1. The Balaban J connectivity index is 2.95. The Hall–Kier alpha value is -1.29. The fraction of sp³-hybridized carbons (Fsp3) is 0.833. The molecule has 0 aliphatic carbocycles. The zero-order chi connectivity index (χ0) is 14.0. The Morgan fingerprint density at radius 2 is 1.32 bits per heavy atom. The van der Waals surface area contributed by atoms with Crippen LogP contribution in [-0.2, 0) is 18.9 Å². The van der Waals surface area contributed by atoms with Crippen molar-refractivity contribution in [2.45, 2.75) is 6.42 Å². The second-order valence-electron chi connectivity index (χ2n) is 3.36. The predicted octanol–water partition coefficient (Wildman–Crippen LogP) is 1.39. The molecule has 0 aromatic rings. The minimum absolute atomic E-state index is 0.347. The van der Waals surface area contributed by atoms with Gasteiger partial charge in [-0.05, 0) is 5.53 Å². The molecule has 0 spiro atoms. The molecule has 0 unspecified atom stereocenters. The van der Waals surface area contributed by atoms with Gasteiger partial charge < -0.3 is 18.9 Å². The monoisotopic (exact) mass is 271 g/mol. The first-order chi connectivity index (χ1) is 9.41. The third-order valence-corrected chi connectivity index (χ3v) is 1.91. The summed E-state index contributed by atoms with van der Waals surface area (Å²) < 4.78 is 20.9. The smallest absolute Gasteiger partial charge is 0.0701 e. The standard InChI is InChI=1S/C12H21N3O4/c1-2-3-5-16-7-9-18-11-12-19-10-8-17-6-4-14-15-13/h1H,3-12H2. The third kappa shape index (κ3) is 16.7. The summed E-state index contributed by atoms with van der Waals surface area (Å²) in [6, 6.07) is 0. The molecule has 0 aromatic carbocycles. The van der Waals surface area contributed by atoms with E-state index in [9.17, 15) is 0 Å². The van der Waals surface area contributed by atoms with E-state index >= 15 is 0 Å². The van der Waals surface area contributed by atoms with Gasteiger partial charge in [0.15, 0.2) is 0 Å². The molecule has 7 nitrogen and oxygen atoms in total. The first kappa shape index (κ1) is 17.7. The molecule has 0 aliphatic rings. The number of azide groups is 1. The van der Waals surface area contributed by atoms with Crippen LogP contribution < -0.4 is 0 Å². The molecule has 7 heteroatoms. The van der Waals surface area contributed by atoms with Gasteiger partial charge in [0.25, 0.3) is 0 Å². The van der Waals surface area contributed by atoms with Crippen LogP contribution in [0.5, 0.6) is 0 Å². The van der Waals surface area contributed by atoms with Crippen LogP contribution in [0.1, 0.15) is 6.42 Å². The molecular weight excluding hydrogens is 250 g/mol. The quantitative estimate of drug-likeness (QED) is 0.157. The highest BCUT2D eigenvalue weighted by molar-refractivity contribution is 4.82. The third-order valence-electron chi connectivity index (χ3n) is 1.91. The Labute approximate surface area is 113 Å². The zero-order valence-electron chi connectivity index (χ0n) is 11.1. The van der Waals surface area contributed by atoms with Crippen molar-refractivity contribution in [1.82, 2.24) is 0 Å². The summed E-state index contributed by atoms with van der Waals surface area (Å²) in [5, 5.41) is 3.34. The van der Waals surface area contributed by atoms with Gasteiger partial charge in [-0.25, -0.2) is 0 Å². The lowest BCUT2D eigenvalue weighted by molar-refractivity contribution is -0.000380. The second-order valence-corrected chi connectivity index (χ2v) is 3.36. The summed E-state index contributed by atoms with van der Waals surface area (Å²) >= 11 is 0. The average Bonchev–Trinajstić information content (AvgIpc) is 2.43. The highest BCUT2D eigenvalue weighted by Crippen LogP contribution is 1.84. The first-order valence-electron chi connectivity index (χ1n) is 6.17. The molecule has 0 rings (SSSR count). The topological polar surface area (TPSA) is 85.7 Å². The minimum Gasteiger partial charge on any atom is -0.379 e. The zero-order valence-corrected chi connectivity index (χ0v) is 11.1. The van der Waals surface area contributed by atoms with Crippen LogP contribution in [0.4, 0.5) is 0 Å². The Bertz CT molecular complexity index is 275. The lowest BCUT2D eigenvalue weighted by Gasteiger charge is -2.06. The van der Waals surface area contributed by atoms with Crippen LogP contribution in [0.25, 0.3) is 10.4 Å². The van der Waals surface area contributed by atoms with Gasteiger partial charge in [0.2, 0.25) is 0 Å². The Kier molecular flexibility index (Phi) is 15.6. The van der Waals surface area contributed by atoms with Crippen molar-refractivity contribution in [3.63, 3.8) is 0 Å². The number of ether oxygens (including phenoxy) is 4. The van der Waals surface area contributed by atoms with E-state index in [-0.39, 0.29) is 0 Å². The molecule has 0 radical (unpaired) electrons. The van der Waals surface area contributed by atoms with Crippen molar-refractivity contribution in [3.05, 3.63) is 10.4 Å². The van der Waals surface area contributed by atoms with Gasteiger partial charge in [0.05, 0.1) is 52.9 Å². The van der Waals surface area contributed by atoms with E-state index in [2.05, 4.69) is 15.9 Å². The van der Waals surface area contributed by atoms with Gasteiger partial charge in [-0.15, -0.1) is 12.3 Å². The number of rotatable bonds is 14. The summed E-state index contributed by atoms with van der Waals surface area (Å²) in [5.41, 5.74) is 8.02. The fourth-order valence-corrected chi connectivity index (χ4v) is 1.04. The minimum atomic E-state index is 0.347. The van der Waals surface area contributed by atoms with Crippen LogP contribution in [0.15, 0.2) is 5.11 Å². The Morgan fingerprint density at radius 1 is 0.842 bits per heavy atom. The van der Waals surface area contributed by atoms with Crippen LogP contribution in [0.2, 0.25) is 0 Å². The van der Waals surface area contributed by atoms with Gasteiger partial charge in [0.1, 0.15) is 0 Å². The molecule has 0 heterocycles. The van der Waals surface area contributed by atoms with Gasteiger partial charge in [-0.3, -0.25) is 0 Å². The van der Waals surface area contributed by atoms with E-state index in [1.807, 2.05) is 0 Å². The normalized spacial score (nSPS) is 9.84. The molecular formula is C12H21N3O4. The molecule has 0 saturated heterocycles. The van der Waals surface area contributed by atoms with E-state index < -0.39 is 0 Å². The second kappa shape index (κ2) is 16.7. The highest BCUT2D eigenvalue weighted by Gasteiger charge is 1.92. The first-order valence-corrected chi connectivity index (χ1v) is 6.17. The predicted molar refractivity (Wildman–Crippen MR) is 70.7 cm³/mol. The van der Waals surface area contributed by atoms with Crippen LogP contribution in [0.3, 0.4) is 0 Å². The maximum atomic E-state index is 8.02. The van der Waals surface area contributed by atoms with Gasteiger partial charge in [-0.1, -0.05) is 5.11 Å². The number of hydrogen-bond donors (Lipinski definition) is 0. The molecule has 19 heavy (non-hydrogen) atoms. The molecule has 0 saturated carbocycles. The van der Waals surface area contributed by atoms with E-state index in [1.165, 1.54) is 0 Å². The summed E-state index contributed by atoms with van der Waals surface area (Å²) in [6.45, 7) is 4.44. The van der Waals surface area contributed by atoms with E-state index in [1.54, 1.807) is 0 Å². The van der Waals surface area contributed by atoms with Gasteiger partial charge >= 0.3 is 0 Å². The number of nitrogens with zero attached hydrogens (tertiary/aromatic N) is 3. The van der Waals surface area contributed by atoms with Gasteiger partial charge in [0, 0.05) is 17.9 Å². The van der Waals surface area contributed by atoms with Crippen molar-refractivity contribution in [3.8, 4) is 12.3 Å². The van der Waals surface area contributed by atoms with Crippen molar-refractivity contribution >= 4 is 0 Å². The molecule has 108 valence electrons. The van der Waals surface area contributed by atoms with Crippen molar-refractivity contribution in [2.24, 2.45) is 5.11 Å². The molecule has 0 aliphatic heterocycles. The van der Waals surface area contributed by atoms with Crippen molar-refractivity contribution in [1.29, 1.82) is 0 Å². The molecule has 0 bridgehead atoms. The molecule has 0 fully saturated rings. The molecule has 0 N–H and O–H groups in total. The van der Waals surface area contributed by atoms with Crippen LogP contribution in [0, 0.1) is 12.3 Å². The molecule has 0 atom stereocenters. The highest BCUT2D eigenvalue weighted by atomic mass is 16.6. The summed E-state index contributed by atoms with van der Waals surface area (Å²) in [6.07, 6.45) is 5.70. The lowest BCUT2D eigenvalue weighted by atomic mass is 10.5. The van der Waals surface area contributed by atoms with Crippen molar-refractivity contribution in [2.75, 3.05) is 59.4 Å². The molecule has 0 aromatic heterocycles. The van der Waals surface area contributed by atoms with Gasteiger partial charge in [-0.2, -0.15) is 0 Å². The Morgan fingerprint density at radius 3 is 1.79 bits per heavy atom. The molecule has 0 amide bonds. The van der Waals surface area contributed by atoms with Crippen molar-refractivity contribution < 1.29 is 18.9 Å². The maximum absolute atomic E-state index is 8.02. The maximum Gasteiger partial charge on any atom is 0.0701 e. The lowest BCUT2D eigenvalue weighted by Crippen LogP contribution is -2.12. The number of hydrogen-bond acceptors (Lipinski definition) is 5.